The molecule has 266 valence electrons. The van der Waals surface area contributed by atoms with Crippen molar-refractivity contribution < 1.29 is 9.53 Å². The van der Waals surface area contributed by atoms with E-state index in [0.717, 1.165) is 80.5 Å². The first-order valence-corrected chi connectivity index (χ1v) is 20.5. The quantitative estimate of drug-likeness (QED) is 0.0793. The molecule has 4 aliphatic rings. The summed E-state index contributed by atoms with van der Waals surface area (Å²) in [5.74, 6) is 5.25. The number of rotatable bonds is 19. The van der Waals surface area contributed by atoms with Gasteiger partial charge in [0.25, 0.3) is 0 Å². The first kappa shape index (κ1) is 38.2. The van der Waals surface area contributed by atoms with E-state index in [2.05, 4.69) is 84.1 Å². The highest BCUT2D eigenvalue weighted by molar-refractivity contribution is 5.69. The Morgan fingerprint density at radius 3 is 2.23 bits per heavy atom. The number of ether oxygens (including phenoxy) is 1. The van der Waals surface area contributed by atoms with Gasteiger partial charge in [-0.25, -0.2) is 0 Å². The lowest BCUT2D eigenvalue weighted by molar-refractivity contribution is -0.151. The van der Waals surface area contributed by atoms with Crippen LogP contribution in [0.1, 0.15) is 176 Å². The Labute approximate surface area is 291 Å². The maximum Gasteiger partial charge on any atom is 0.306 e. The highest BCUT2D eigenvalue weighted by atomic mass is 16.5. The number of hydrogen-bond acceptors (Lipinski definition) is 2. The van der Waals surface area contributed by atoms with Gasteiger partial charge in [0.05, 0.1) is 0 Å². The molecule has 4 rings (SSSR count). The predicted octanol–water partition coefficient (Wildman–Crippen LogP) is 13.5. The molecule has 0 aliphatic heterocycles. The minimum Gasteiger partial charge on any atom is -0.462 e. The maximum absolute atomic E-state index is 12.8. The molecule has 3 fully saturated rings. The Morgan fingerprint density at radius 1 is 0.830 bits per heavy atom. The maximum atomic E-state index is 12.8. The molecular weight excluding hydrogens is 572 g/mol. The molecule has 47 heavy (non-hydrogen) atoms. The Kier molecular flexibility index (Phi) is 15.4. The fourth-order valence-electron chi connectivity index (χ4n) is 10.8. The van der Waals surface area contributed by atoms with Crippen LogP contribution >= 0.6 is 0 Å². The van der Waals surface area contributed by atoms with E-state index in [0.29, 0.717) is 17.3 Å². The standard InChI is InChI=1S/C45H74O2/c1-7-8-9-10-11-12-13-14-15-16-17-18-19-20-21-25-43(46)47-38-30-32-44(5)37(34-38)26-27-39-41-29-28-40(36(4)24-22-23-35(2)3)45(41,6)33-31-42(39)44/h11-12,14-15,17-18,26,35-36,38-42H,7-10,13,16,19-25,27-34H2,1-6H3/t36-,38+,39?,40?,41?,42?,44+,45-/m1/s1. The van der Waals surface area contributed by atoms with E-state index in [4.69, 9.17) is 4.74 Å². The van der Waals surface area contributed by atoms with Crippen LogP contribution in [0.15, 0.2) is 48.1 Å². The van der Waals surface area contributed by atoms with E-state index in [9.17, 15) is 4.79 Å². The van der Waals surface area contributed by atoms with E-state index < -0.39 is 0 Å². The van der Waals surface area contributed by atoms with Crippen LogP contribution in [0.3, 0.4) is 0 Å². The molecular formula is C45H74O2. The molecule has 0 saturated heterocycles. The minimum atomic E-state index is 0.0236. The van der Waals surface area contributed by atoms with E-state index in [1.54, 1.807) is 5.57 Å². The van der Waals surface area contributed by atoms with Gasteiger partial charge in [0.15, 0.2) is 0 Å². The Morgan fingerprint density at radius 2 is 1.53 bits per heavy atom. The summed E-state index contributed by atoms with van der Waals surface area (Å²) in [6.07, 6.45) is 41.7. The number of unbranched alkanes of at least 4 members (excludes halogenated alkanes) is 5. The molecule has 2 nitrogen and oxygen atoms in total. The third-order valence-electron chi connectivity index (χ3n) is 13.6. The van der Waals surface area contributed by atoms with Crippen molar-refractivity contribution in [3.05, 3.63) is 48.1 Å². The van der Waals surface area contributed by atoms with Crippen LogP contribution in [-0.2, 0) is 9.53 Å². The van der Waals surface area contributed by atoms with E-state index in [1.807, 2.05) is 0 Å². The minimum absolute atomic E-state index is 0.0236. The summed E-state index contributed by atoms with van der Waals surface area (Å²) >= 11 is 0. The molecule has 0 radical (unpaired) electrons. The smallest absolute Gasteiger partial charge is 0.306 e. The Bertz CT molecular complexity index is 1060. The van der Waals surface area contributed by atoms with Crippen molar-refractivity contribution in [2.45, 2.75) is 182 Å². The fraction of sp³-hybridized carbons (Fsp3) is 0.800. The molecule has 4 unspecified atom stereocenters. The van der Waals surface area contributed by atoms with Gasteiger partial charge in [0.1, 0.15) is 6.10 Å². The number of carbonyl (C=O) groups is 1. The molecule has 8 atom stereocenters. The number of hydrogen-bond donors (Lipinski definition) is 0. The lowest BCUT2D eigenvalue weighted by atomic mass is 9.47. The number of esters is 1. The van der Waals surface area contributed by atoms with Crippen molar-refractivity contribution in [2.75, 3.05) is 0 Å². The average Bonchev–Trinajstić information content (AvgIpc) is 3.40. The monoisotopic (exact) mass is 647 g/mol. The number of fused-ring (bicyclic) bond motifs is 5. The zero-order chi connectivity index (χ0) is 33.7. The molecule has 3 saturated carbocycles. The van der Waals surface area contributed by atoms with E-state index in [-0.39, 0.29) is 12.1 Å². The molecule has 0 aromatic carbocycles. The van der Waals surface area contributed by atoms with Gasteiger partial charge in [0, 0.05) is 12.8 Å². The normalized spacial score (nSPS) is 32.9. The summed E-state index contributed by atoms with van der Waals surface area (Å²) in [6.45, 7) is 14.9. The number of carbonyl (C=O) groups excluding carboxylic acids is 1. The summed E-state index contributed by atoms with van der Waals surface area (Å²) in [4.78, 5) is 12.8. The summed E-state index contributed by atoms with van der Waals surface area (Å²) in [5, 5.41) is 0. The van der Waals surface area contributed by atoms with Crippen LogP contribution in [0.2, 0.25) is 0 Å². The van der Waals surface area contributed by atoms with Crippen LogP contribution in [0.5, 0.6) is 0 Å². The predicted molar refractivity (Wildman–Crippen MR) is 202 cm³/mol. The topological polar surface area (TPSA) is 26.3 Å². The zero-order valence-electron chi connectivity index (χ0n) is 31.7. The summed E-state index contributed by atoms with van der Waals surface area (Å²) in [6, 6.07) is 0. The molecule has 0 heterocycles. The Balaban J connectivity index is 1.15. The van der Waals surface area contributed by atoms with Crippen LogP contribution in [-0.4, -0.2) is 12.1 Å². The first-order chi connectivity index (χ1) is 22.7. The summed E-state index contributed by atoms with van der Waals surface area (Å²) < 4.78 is 6.10. The van der Waals surface area contributed by atoms with Crippen LogP contribution in [0, 0.1) is 46.3 Å². The molecule has 0 amide bonds. The highest BCUT2D eigenvalue weighted by Gasteiger charge is 2.59. The lowest BCUT2D eigenvalue weighted by Gasteiger charge is -2.58. The van der Waals surface area contributed by atoms with Crippen LogP contribution < -0.4 is 0 Å². The summed E-state index contributed by atoms with van der Waals surface area (Å²) in [5.41, 5.74) is 2.50. The van der Waals surface area contributed by atoms with Gasteiger partial charge in [-0.05, 0) is 136 Å². The molecule has 4 aliphatic carbocycles. The Hall–Kier alpha value is -1.57. The van der Waals surface area contributed by atoms with Crippen molar-refractivity contribution in [1.82, 2.24) is 0 Å². The molecule has 2 heteroatoms. The van der Waals surface area contributed by atoms with Gasteiger partial charge in [-0.1, -0.05) is 122 Å². The van der Waals surface area contributed by atoms with Crippen molar-refractivity contribution in [3.8, 4) is 0 Å². The van der Waals surface area contributed by atoms with Crippen LogP contribution in [0.25, 0.3) is 0 Å². The molecule has 0 N–H and O–H groups in total. The lowest BCUT2D eigenvalue weighted by Crippen LogP contribution is -2.51. The molecule has 0 aromatic rings. The van der Waals surface area contributed by atoms with Gasteiger partial charge in [0.2, 0.25) is 0 Å². The van der Waals surface area contributed by atoms with E-state index in [1.165, 1.54) is 83.5 Å². The van der Waals surface area contributed by atoms with Gasteiger partial charge in [-0.2, -0.15) is 0 Å². The second-order valence-corrected chi connectivity index (χ2v) is 17.3. The van der Waals surface area contributed by atoms with Crippen molar-refractivity contribution in [3.63, 3.8) is 0 Å². The molecule has 0 spiro atoms. The highest BCUT2D eigenvalue weighted by Crippen LogP contribution is 2.67. The first-order valence-electron chi connectivity index (χ1n) is 20.5. The largest absolute Gasteiger partial charge is 0.462 e. The fourth-order valence-corrected chi connectivity index (χ4v) is 10.8. The van der Waals surface area contributed by atoms with Gasteiger partial charge in [-0.3, -0.25) is 4.79 Å². The zero-order valence-corrected chi connectivity index (χ0v) is 31.7. The van der Waals surface area contributed by atoms with Gasteiger partial charge >= 0.3 is 5.97 Å². The number of allylic oxidation sites excluding steroid dienone is 7. The second-order valence-electron chi connectivity index (χ2n) is 17.3. The SMILES string of the molecule is CCCCCC=CCC=CCC=CCCCCC(=O)O[C@H]1CC[C@@]2(C)C(=CCC3C4CCC([C@H](C)CCCC(C)C)[C@@]4(C)CCC32)C1. The van der Waals surface area contributed by atoms with Gasteiger partial charge in [-0.15, -0.1) is 0 Å². The van der Waals surface area contributed by atoms with Gasteiger partial charge < -0.3 is 4.74 Å². The summed E-state index contributed by atoms with van der Waals surface area (Å²) in [7, 11) is 0. The third kappa shape index (κ3) is 10.5. The molecule has 0 aromatic heterocycles. The molecule has 0 bridgehead atoms. The van der Waals surface area contributed by atoms with E-state index >= 15 is 0 Å². The van der Waals surface area contributed by atoms with Crippen molar-refractivity contribution in [2.24, 2.45) is 46.3 Å². The van der Waals surface area contributed by atoms with Crippen molar-refractivity contribution >= 4 is 5.97 Å². The van der Waals surface area contributed by atoms with Crippen molar-refractivity contribution in [1.29, 1.82) is 0 Å². The van der Waals surface area contributed by atoms with Crippen LogP contribution in [0.4, 0.5) is 0 Å². The average molecular weight is 647 g/mol. The third-order valence-corrected chi connectivity index (χ3v) is 13.6. The second kappa shape index (κ2) is 19.0.